The molecule has 1 aliphatic rings. The molecule has 0 aliphatic carbocycles. The highest BCUT2D eigenvalue weighted by Gasteiger charge is 2.21. The van der Waals surface area contributed by atoms with E-state index in [0.717, 1.165) is 51.4 Å². The quantitative estimate of drug-likeness (QED) is 0.341. The molecule has 9 heteroatoms. The number of hydrogen-bond acceptors (Lipinski definition) is 5. The number of aryl methyl sites for hydroxylation is 1. The minimum absolute atomic E-state index is 0.173. The normalized spacial score (nSPS) is 14.6. The molecule has 0 atom stereocenters. The largest absolute Gasteiger partial charge is 0.491 e. The van der Waals surface area contributed by atoms with Crippen LogP contribution in [0.25, 0.3) is 33.5 Å². The highest BCUT2D eigenvalue weighted by atomic mass is 79.9. The van der Waals surface area contributed by atoms with E-state index in [-0.39, 0.29) is 6.73 Å². The Balaban J connectivity index is 1.55. The van der Waals surface area contributed by atoms with Crippen molar-refractivity contribution in [2.24, 2.45) is 0 Å². The zero-order valence-corrected chi connectivity index (χ0v) is 20.8. The van der Waals surface area contributed by atoms with Crippen LogP contribution in [0, 0.1) is 0 Å². The molecule has 0 saturated carbocycles. The highest BCUT2D eigenvalue weighted by Crippen LogP contribution is 2.36. The molecule has 7 nitrogen and oxygen atoms in total. The fourth-order valence-electron chi connectivity index (χ4n) is 3.94. The third-order valence-electron chi connectivity index (χ3n) is 5.54. The lowest BCUT2D eigenvalue weighted by atomic mass is 10.2. The lowest BCUT2D eigenvalue weighted by Gasteiger charge is -2.24. The van der Waals surface area contributed by atoms with E-state index in [1.54, 1.807) is 4.57 Å². The molecule has 0 radical (unpaired) electrons. The molecule has 0 fully saturated rings. The van der Waals surface area contributed by atoms with Crippen LogP contribution in [-0.4, -0.2) is 51.9 Å². The van der Waals surface area contributed by atoms with E-state index in [2.05, 4.69) is 39.3 Å². The van der Waals surface area contributed by atoms with Crippen molar-refractivity contribution in [3.05, 3.63) is 45.4 Å². The van der Waals surface area contributed by atoms with Gasteiger partial charge in [0, 0.05) is 22.3 Å². The number of ether oxygens (including phenoxy) is 2. The van der Waals surface area contributed by atoms with Gasteiger partial charge >= 0.3 is 5.76 Å². The van der Waals surface area contributed by atoms with Gasteiger partial charge < -0.3 is 18.5 Å². The van der Waals surface area contributed by atoms with Crippen molar-refractivity contribution in [1.29, 1.82) is 0 Å². The van der Waals surface area contributed by atoms with Crippen LogP contribution in [0.5, 0.6) is 5.75 Å². The number of imidazole rings is 1. The molecule has 0 N–H and O–H groups in total. The Morgan fingerprint density at radius 3 is 2.88 bits per heavy atom. The van der Waals surface area contributed by atoms with E-state index in [4.69, 9.17) is 18.9 Å². The van der Waals surface area contributed by atoms with Crippen LogP contribution < -0.4 is 10.5 Å². The van der Waals surface area contributed by atoms with Crippen LogP contribution in [-0.2, 0) is 18.0 Å². The van der Waals surface area contributed by atoms with Crippen LogP contribution in [0.1, 0.15) is 6.42 Å². The van der Waals surface area contributed by atoms with Crippen molar-refractivity contribution in [3.63, 3.8) is 0 Å². The first-order valence-corrected chi connectivity index (χ1v) is 14.3. The standard InChI is InChI=1S/C23H26BrN3O4S/c1-32(2,3)10-9-29-14-27-18-11-15(5-6-19(18)31-23(27)28)22-25-17-12-16(24)13-20-21(17)26(22)7-4-8-30-20/h5-6,11-13H,4,7-10,14H2,1-3H3. The minimum Gasteiger partial charge on any atom is -0.491 e. The van der Waals surface area contributed by atoms with Crippen LogP contribution >= 0.6 is 26.0 Å². The molecule has 0 unspecified atom stereocenters. The number of rotatable bonds is 6. The van der Waals surface area contributed by atoms with Gasteiger partial charge in [0.15, 0.2) is 5.58 Å². The topological polar surface area (TPSA) is 71.4 Å². The average Bonchev–Trinajstić information content (AvgIpc) is 3.15. The second-order valence-corrected chi connectivity index (χ2v) is 14.4. The summed E-state index contributed by atoms with van der Waals surface area (Å²) in [6.45, 7) is 2.27. The van der Waals surface area contributed by atoms with Gasteiger partial charge in [-0.05, 0) is 55.5 Å². The maximum absolute atomic E-state index is 12.5. The van der Waals surface area contributed by atoms with Gasteiger partial charge in [-0.3, -0.25) is 0 Å². The fourth-order valence-corrected chi connectivity index (χ4v) is 4.98. The zero-order valence-electron chi connectivity index (χ0n) is 18.4. The summed E-state index contributed by atoms with van der Waals surface area (Å²) in [7, 11) is -0.646. The molecule has 2 aromatic carbocycles. The third kappa shape index (κ3) is 4.09. The molecular weight excluding hydrogens is 494 g/mol. The van der Waals surface area contributed by atoms with Crippen molar-refractivity contribution < 1.29 is 13.9 Å². The van der Waals surface area contributed by atoms with E-state index in [9.17, 15) is 4.79 Å². The summed E-state index contributed by atoms with van der Waals surface area (Å²) < 4.78 is 21.9. The van der Waals surface area contributed by atoms with Crippen molar-refractivity contribution >= 4 is 48.1 Å². The number of halogens is 1. The summed E-state index contributed by atoms with van der Waals surface area (Å²) in [6, 6.07) is 9.74. The Bertz CT molecular complexity index is 1370. The molecule has 0 spiro atoms. The number of hydrogen-bond donors (Lipinski definition) is 0. The fraction of sp³-hybridized carbons (Fsp3) is 0.391. The summed E-state index contributed by atoms with van der Waals surface area (Å²) >= 11 is 3.56. The average molecular weight is 520 g/mol. The summed E-state index contributed by atoms with van der Waals surface area (Å²) in [5.41, 5.74) is 4.05. The second kappa shape index (κ2) is 8.28. The first kappa shape index (κ1) is 21.6. The Labute approximate surface area is 195 Å². The molecule has 32 heavy (non-hydrogen) atoms. The molecule has 170 valence electrons. The number of aromatic nitrogens is 3. The van der Waals surface area contributed by atoms with E-state index in [1.807, 2.05) is 30.3 Å². The summed E-state index contributed by atoms with van der Waals surface area (Å²) in [5.74, 6) is 2.27. The number of fused-ring (bicyclic) bond motifs is 1. The Hall–Kier alpha value is -2.23. The molecule has 2 aromatic heterocycles. The Morgan fingerprint density at radius 1 is 1.22 bits per heavy atom. The monoisotopic (exact) mass is 519 g/mol. The summed E-state index contributed by atoms with van der Waals surface area (Å²) in [5, 5.41) is 0. The lowest BCUT2D eigenvalue weighted by molar-refractivity contribution is 0.0874. The van der Waals surface area contributed by atoms with Crippen molar-refractivity contribution in [3.8, 4) is 17.1 Å². The van der Waals surface area contributed by atoms with Crippen molar-refractivity contribution in [2.45, 2.75) is 19.7 Å². The van der Waals surface area contributed by atoms with Crippen LogP contribution in [0.2, 0.25) is 0 Å². The van der Waals surface area contributed by atoms with Gasteiger partial charge in [-0.25, -0.2) is 24.4 Å². The smallest absolute Gasteiger partial charge is 0.421 e. The number of benzene rings is 2. The van der Waals surface area contributed by atoms with Gasteiger partial charge in [-0.2, -0.15) is 0 Å². The van der Waals surface area contributed by atoms with Gasteiger partial charge in [0.1, 0.15) is 23.8 Å². The lowest BCUT2D eigenvalue weighted by Crippen LogP contribution is -2.18. The first-order valence-electron chi connectivity index (χ1n) is 10.5. The van der Waals surface area contributed by atoms with Gasteiger partial charge in [0.2, 0.25) is 0 Å². The van der Waals surface area contributed by atoms with Crippen LogP contribution in [0.15, 0.2) is 44.0 Å². The molecule has 0 bridgehead atoms. The third-order valence-corrected chi connectivity index (χ3v) is 7.39. The van der Waals surface area contributed by atoms with Crippen molar-refractivity contribution in [1.82, 2.24) is 14.1 Å². The molecular formula is C23H26BrN3O4S. The Morgan fingerprint density at radius 2 is 2.06 bits per heavy atom. The van der Waals surface area contributed by atoms with Gasteiger partial charge in [0.05, 0.1) is 24.2 Å². The number of oxazole rings is 1. The molecule has 0 amide bonds. The predicted octanol–water partition coefficient (Wildman–Crippen LogP) is 4.82. The summed E-state index contributed by atoms with van der Waals surface area (Å²) in [6.07, 6.45) is 7.65. The zero-order chi connectivity index (χ0) is 22.5. The predicted molar refractivity (Wildman–Crippen MR) is 133 cm³/mol. The summed E-state index contributed by atoms with van der Waals surface area (Å²) in [4.78, 5) is 17.4. The van der Waals surface area contributed by atoms with E-state index >= 15 is 0 Å². The van der Waals surface area contributed by atoms with Gasteiger partial charge in [0.25, 0.3) is 0 Å². The van der Waals surface area contributed by atoms with E-state index in [0.29, 0.717) is 24.3 Å². The minimum atomic E-state index is -0.646. The SMILES string of the molecule is CS(C)(C)CCOCn1c(=O)oc2ccc(-c3nc4cc(Br)cc5c4n3CCCO5)cc21. The first-order chi connectivity index (χ1) is 15.3. The molecule has 5 rings (SSSR count). The number of nitrogens with zero attached hydrogens (tertiary/aromatic N) is 3. The maximum Gasteiger partial charge on any atom is 0.421 e. The van der Waals surface area contributed by atoms with Gasteiger partial charge in [-0.1, -0.05) is 15.9 Å². The van der Waals surface area contributed by atoms with E-state index < -0.39 is 15.8 Å². The Kier molecular flexibility index (Phi) is 5.59. The molecule has 1 aliphatic heterocycles. The highest BCUT2D eigenvalue weighted by molar-refractivity contribution is 9.10. The second-order valence-electron chi connectivity index (χ2n) is 8.87. The van der Waals surface area contributed by atoms with Crippen molar-refractivity contribution in [2.75, 3.05) is 37.7 Å². The van der Waals surface area contributed by atoms with Crippen LogP contribution in [0.3, 0.4) is 0 Å². The van der Waals surface area contributed by atoms with E-state index in [1.165, 1.54) is 0 Å². The maximum atomic E-state index is 12.5. The molecule has 4 aromatic rings. The van der Waals surface area contributed by atoms with Gasteiger partial charge in [-0.15, -0.1) is 0 Å². The molecule has 0 saturated heterocycles. The molecule has 3 heterocycles. The van der Waals surface area contributed by atoms with Crippen LogP contribution in [0.4, 0.5) is 0 Å².